The zero-order chi connectivity index (χ0) is 16.7. The van der Waals surface area contributed by atoms with Gasteiger partial charge in [0, 0.05) is 12.1 Å². The molecule has 0 saturated carbocycles. The van der Waals surface area contributed by atoms with Crippen molar-refractivity contribution in [1.29, 1.82) is 0 Å². The van der Waals surface area contributed by atoms with Gasteiger partial charge < -0.3 is 14.4 Å². The molecule has 0 atom stereocenters. The van der Waals surface area contributed by atoms with E-state index in [0.717, 1.165) is 29.2 Å². The molecule has 0 radical (unpaired) electrons. The fourth-order valence-electron chi connectivity index (χ4n) is 2.30. The minimum Gasteiger partial charge on any atom is -0.466 e. The van der Waals surface area contributed by atoms with Gasteiger partial charge in [0.2, 0.25) is 0 Å². The lowest BCUT2D eigenvalue weighted by atomic mass is 10.1. The molecule has 0 N–H and O–H groups in total. The van der Waals surface area contributed by atoms with E-state index in [9.17, 15) is 4.79 Å². The molecule has 23 heavy (non-hydrogen) atoms. The Morgan fingerprint density at radius 3 is 2.61 bits per heavy atom. The van der Waals surface area contributed by atoms with Crippen LogP contribution in [-0.4, -0.2) is 31.6 Å². The standard InChI is InChI=1S/C19H23NO3/c1-4-22-19(21)13-15-8-7-10-17(12-15)23-18-11-6-5-9-16(18)14-20(2)3/h5-12H,4,13-14H2,1-3H3. The van der Waals surface area contributed by atoms with Gasteiger partial charge in [-0.25, -0.2) is 0 Å². The number of benzene rings is 2. The minimum atomic E-state index is -0.224. The maximum Gasteiger partial charge on any atom is 0.310 e. The minimum absolute atomic E-state index is 0.224. The molecule has 0 aliphatic carbocycles. The fraction of sp³-hybridized carbons (Fsp3) is 0.316. The zero-order valence-electron chi connectivity index (χ0n) is 13.9. The molecule has 0 aromatic heterocycles. The van der Waals surface area contributed by atoms with Gasteiger partial charge in [0.25, 0.3) is 0 Å². The van der Waals surface area contributed by atoms with E-state index in [2.05, 4.69) is 11.0 Å². The van der Waals surface area contributed by atoms with E-state index in [1.807, 2.05) is 56.6 Å². The number of para-hydroxylation sites is 1. The summed E-state index contributed by atoms with van der Waals surface area (Å²) >= 11 is 0. The highest BCUT2D eigenvalue weighted by Crippen LogP contribution is 2.26. The van der Waals surface area contributed by atoms with Crippen LogP contribution in [0.1, 0.15) is 18.1 Å². The van der Waals surface area contributed by atoms with E-state index < -0.39 is 0 Å². The van der Waals surface area contributed by atoms with Crippen molar-refractivity contribution in [2.24, 2.45) is 0 Å². The summed E-state index contributed by atoms with van der Waals surface area (Å²) in [7, 11) is 4.05. The monoisotopic (exact) mass is 313 g/mol. The molecule has 4 heteroatoms. The maximum atomic E-state index is 11.6. The highest BCUT2D eigenvalue weighted by atomic mass is 16.5. The van der Waals surface area contributed by atoms with Crippen LogP contribution in [-0.2, 0) is 22.5 Å². The van der Waals surface area contributed by atoms with Gasteiger partial charge in [-0.15, -0.1) is 0 Å². The highest BCUT2D eigenvalue weighted by molar-refractivity contribution is 5.72. The van der Waals surface area contributed by atoms with Gasteiger partial charge in [-0.2, -0.15) is 0 Å². The van der Waals surface area contributed by atoms with Crippen LogP contribution >= 0.6 is 0 Å². The van der Waals surface area contributed by atoms with Crippen LogP contribution in [0.2, 0.25) is 0 Å². The molecule has 0 heterocycles. The molecule has 0 unspecified atom stereocenters. The Morgan fingerprint density at radius 2 is 1.87 bits per heavy atom. The van der Waals surface area contributed by atoms with E-state index in [-0.39, 0.29) is 12.4 Å². The summed E-state index contributed by atoms with van der Waals surface area (Å²) in [6.45, 7) is 3.00. The summed E-state index contributed by atoms with van der Waals surface area (Å²) in [4.78, 5) is 13.7. The van der Waals surface area contributed by atoms with Crippen LogP contribution in [0, 0.1) is 0 Å². The topological polar surface area (TPSA) is 38.8 Å². The molecule has 2 rings (SSSR count). The Bertz CT molecular complexity index is 653. The van der Waals surface area contributed by atoms with E-state index >= 15 is 0 Å². The summed E-state index contributed by atoms with van der Waals surface area (Å²) < 4.78 is 11.0. The summed E-state index contributed by atoms with van der Waals surface area (Å²) in [5.74, 6) is 1.32. The molecule has 0 aliphatic rings. The molecule has 0 amide bonds. The second-order valence-corrected chi connectivity index (χ2v) is 5.58. The first-order valence-electron chi connectivity index (χ1n) is 7.73. The number of ether oxygens (including phenoxy) is 2. The average Bonchev–Trinajstić information content (AvgIpc) is 2.49. The first-order chi connectivity index (χ1) is 11.1. The second-order valence-electron chi connectivity index (χ2n) is 5.58. The third-order valence-electron chi connectivity index (χ3n) is 3.24. The first kappa shape index (κ1) is 17.0. The quantitative estimate of drug-likeness (QED) is 0.732. The SMILES string of the molecule is CCOC(=O)Cc1cccc(Oc2ccccc2CN(C)C)c1. The Balaban J connectivity index is 2.13. The Labute approximate surface area is 137 Å². The molecule has 2 aromatic rings. The lowest BCUT2D eigenvalue weighted by molar-refractivity contribution is -0.142. The van der Waals surface area contributed by atoms with E-state index in [0.29, 0.717) is 6.61 Å². The molecule has 0 fully saturated rings. The van der Waals surface area contributed by atoms with Gasteiger partial charge in [0.15, 0.2) is 0 Å². The molecule has 0 spiro atoms. The average molecular weight is 313 g/mol. The van der Waals surface area contributed by atoms with Gasteiger partial charge in [0.05, 0.1) is 13.0 Å². The number of rotatable bonds is 7. The van der Waals surface area contributed by atoms with Crippen molar-refractivity contribution in [3.8, 4) is 11.5 Å². The summed E-state index contributed by atoms with van der Waals surface area (Å²) in [5.41, 5.74) is 2.00. The molecule has 2 aromatic carbocycles. The molecule has 0 saturated heterocycles. The predicted molar refractivity (Wildman–Crippen MR) is 90.7 cm³/mol. The van der Waals surface area contributed by atoms with Crippen molar-refractivity contribution < 1.29 is 14.3 Å². The van der Waals surface area contributed by atoms with Crippen LogP contribution in [0.5, 0.6) is 11.5 Å². The highest BCUT2D eigenvalue weighted by Gasteiger charge is 2.08. The van der Waals surface area contributed by atoms with E-state index in [1.54, 1.807) is 6.92 Å². The lowest BCUT2D eigenvalue weighted by Crippen LogP contribution is -2.11. The van der Waals surface area contributed by atoms with Crippen molar-refractivity contribution >= 4 is 5.97 Å². The number of hydrogen-bond acceptors (Lipinski definition) is 4. The Hall–Kier alpha value is -2.33. The summed E-state index contributed by atoms with van der Waals surface area (Å²) in [5, 5.41) is 0. The van der Waals surface area contributed by atoms with Gasteiger partial charge in [0.1, 0.15) is 11.5 Å². The zero-order valence-corrected chi connectivity index (χ0v) is 13.9. The molecule has 0 aliphatic heterocycles. The second kappa shape index (κ2) is 8.34. The van der Waals surface area contributed by atoms with Gasteiger partial charge >= 0.3 is 5.97 Å². The van der Waals surface area contributed by atoms with Crippen LogP contribution in [0.4, 0.5) is 0 Å². The van der Waals surface area contributed by atoms with E-state index in [4.69, 9.17) is 9.47 Å². The Kier molecular flexibility index (Phi) is 6.18. The number of carbonyl (C=O) groups is 1. The van der Waals surface area contributed by atoms with Crippen molar-refractivity contribution in [2.45, 2.75) is 19.9 Å². The van der Waals surface area contributed by atoms with Crippen LogP contribution < -0.4 is 4.74 Å². The smallest absolute Gasteiger partial charge is 0.310 e. The molecule has 122 valence electrons. The lowest BCUT2D eigenvalue weighted by Gasteiger charge is -2.15. The summed E-state index contributed by atoms with van der Waals surface area (Å²) in [6.07, 6.45) is 0.254. The fourth-order valence-corrected chi connectivity index (χ4v) is 2.30. The summed E-state index contributed by atoms with van der Waals surface area (Å²) in [6, 6.07) is 15.5. The number of nitrogens with zero attached hydrogens (tertiary/aromatic N) is 1. The normalized spacial score (nSPS) is 10.6. The Morgan fingerprint density at radius 1 is 1.09 bits per heavy atom. The maximum absolute atomic E-state index is 11.6. The molecule has 0 bridgehead atoms. The van der Waals surface area contributed by atoms with Crippen molar-refractivity contribution in [2.75, 3.05) is 20.7 Å². The largest absolute Gasteiger partial charge is 0.466 e. The van der Waals surface area contributed by atoms with Gasteiger partial charge in [-0.3, -0.25) is 4.79 Å². The first-order valence-corrected chi connectivity index (χ1v) is 7.73. The van der Waals surface area contributed by atoms with Crippen LogP contribution in [0.25, 0.3) is 0 Å². The molecular formula is C19H23NO3. The van der Waals surface area contributed by atoms with Crippen molar-refractivity contribution in [3.05, 3.63) is 59.7 Å². The van der Waals surface area contributed by atoms with Crippen LogP contribution in [0.15, 0.2) is 48.5 Å². The third-order valence-corrected chi connectivity index (χ3v) is 3.24. The molecular weight excluding hydrogens is 290 g/mol. The third kappa shape index (κ3) is 5.42. The van der Waals surface area contributed by atoms with E-state index in [1.165, 1.54) is 0 Å². The number of esters is 1. The van der Waals surface area contributed by atoms with Gasteiger partial charge in [-0.1, -0.05) is 30.3 Å². The van der Waals surface area contributed by atoms with Crippen molar-refractivity contribution in [3.63, 3.8) is 0 Å². The molecule has 4 nitrogen and oxygen atoms in total. The van der Waals surface area contributed by atoms with Gasteiger partial charge in [-0.05, 0) is 44.8 Å². The van der Waals surface area contributed by atoms with Crippen LogP contribution in [0.3, 0.4) is 0 Å². The van der Waals surface area contributed by atoms with Crippen molar-refractivity contribution in [1.82, 2.24) is 4.90 Å². The number of carbonyl (C=O) groups excluding carboxylic acids is 1. The predicted octanol–water partition coefficient (Wildman–Crippen LogP) is 3.65. The number of hydrogen-bond donors (Lipinski definition) is 0.